The lowest BCUT2D eigenvalue weighted by Crippen LogP contribution is -2.53. The lowest BCUT2D eigenvalue weighted by molar-refractivity contribution is -0.255. The number of ether oxygens (including phenoxy) is 10. The largest absolute Gasteiger partial charge is 0.490 e. The molecule has 6 bridgehead atoms. The van der Waals surface area contributed by atoms with E-state index in [-0.39, 0.29) is 122 Å². The number of likely N-dealkylation sites (N-methyl/N-ethyl adjacent to an activating group) is 2. The van der Waals surface area contributed by atoms with E-state index in [9.17, 15) is 27.0 Å². The highest BCUT2D eigenvalue weighted by atomic mass is 35.5. The minimum atomic E-state index is -2.91. The van der Waals surface area contributed by atoms with Crippen molar-refractivity contribution in [1.29, 1.82) is 0 Å². The average Bonchev–Trinajstić information content (AvgIpc) is 1.53. The molecule has 4 N–H and O–H groups in total. The second-order valence-electron chi connectivity index (χ2n) is 46.8. The summed E-state index contributed by atoms with van der Waals surface area (Å²) in [6, 6.07) is 36.5. The van der Waals surface area contributed by atoms with Crippen molar-refractivity contribution in [2.24, 2.45) is 71.0 Å². The quantitative estimate of drug-likeness (QED) is 0.0981. The van der Waals surface area contributed by atoms with Gasteiger partial charge < -0.3 is 67.4 Å². The number of benzene rings is 6. The molecule has 21 rings (SSSR count). The molecule has 3 saturated carbocycles. The van der Waals surface area contributed by atoms with Crippen LogP contribution in [0.15, 0.2) is 109 Å². The zero-order chi connectivity index (χ0) is 104. The predicted molar refractivity (Wildman–Crippen MR) is 597 cm³/mol. The summed E-state index contributed by atoms with van der Waals surface area (Å²) in [7, 11) is -7.01. The molecule has 9 aliphatic heterocycles. The summed E-state index contributed by atoms with van der Waals surface area (Å²) >= 11 is 19.5. The number of amides is 3. The van der Waals surface area contributed by atoms with Crippen molar-refractivity contribution in [1.82, 2.24) is 24.4 Å². The number of nitrogens with zero attached hydrogens (tertiary/aromatic N) is 4. The Balaban J connectivity index is 0.000000140. The fourth-order valence-corrected chi connectivity index (χ4v) is 33.1. The number of nitrogens with one attached hydrogen (secondary N) is 4. The second-order valence-corrected chi connectivity index (χ2v) is 55.3. The number of carbonyl (C=O) groups excluding carboxylic acids is 3. The molecule has 30 heteroatoms. The molecule has 6 fully saturated rings. The van der Waals surface area contributed by atoms with E-state index in [0.29, 0.717) is 112 Å². The van der Waals surface area contributed by atoms with E-state index in [2.05, 4.69) is 135 Å². The van der Waals surface area contributed by atoms with Crippen LogP contribution in [0.1, 0.15) is 262 Å². The number of anilines is 3. The fraction of sp³-hybridized carbons (Fsp3) is 0.644. The van der Waals surface area contributed by atoms with Gasteiger partial charge in [0.25, 0.3) is 17.7 Å². The van der Waals surface area contributed by atoms with E-state index in [0.717, 1.165) is 262 Å². The van der Waals surface area contributed by atoms with Crippen LogP contribution < -0.4 is 48.4 Å². The number of aryl methyl sites for hydroxylation is 3. The monoisotopic (exact) mass is 2150 g/mol. The molecular weight excluding hydrogens is 1990 g/mol. The molecule has 810 valence electrons. The molecule has 6 aromatic carbocycles. The summed E-state index contributed by atoms with van der Waals surface area (Å²) in [5.74, 6) is 17.4. The zero-order valence-electron chi connectivity index (χ0n) is 89.0. The van der Waals surface area contributed by atoms with E-state index in [1.165, 1.54) is 33.4 Å². The van der Waals surface area contributed by atoms with E-state index in [1.54, 1.807) is 25.3 Å². The Morgan fingerprint density at radius 1 is 0.405 bits per heavy atom. The molecule has 6 aromatic rings. The minimum absolute atomic E-state index is 0.0434. The maximum atomic E-state index is 14.0. The van der Waals surface area contributed by atoms with Gasteiger partial charge in [0.2, 0.25) is 0 Å². The maximum absolute atomic E-state index is 14.0. The van der Waals surface area contributed by atoms with Crippen molar-refractivity contribution in [3.63, 3.8) is 0 Å². The van der Waals surface area contributed by atoms with Crippen LogP contribution in [0.4, 0.5) is 17.1 Å². The Morgan fingerprint density at radius 3 is 1.02 bits per heavy atom. The first-order valence-corrected chi connectivity index (χ1v) is 62.3. The van der Waals surface area contributed by atoms with Crippen molar-refractivity contribution in [2.45, 2.75) is 285 Å². The smallest absolute Gasteiger partial charge is 0.262 e. The number of hydrogen-bond donors (Lipinski definition) is 4. The Bertz CT molecular complexity index is 6060. The molecule has 3 amide bonds. The summed E-state index contributed by atoms with van der Waals surface area (Å²) in [6.45, 7) is 32.0. The van der Waals surface area contributed by atoms with E-state index in [1.807, 2.05) is 75.4 Å². The zero-order valence-corrected chi connectivity index (χ0v) is 93.7. The van der Waals surface area contributed by atoms with Crippen LogP contribution in [0, 0.1) is 71.0 Å². The molecule has 21 atom stereocenters. The van der Waals surface area contributed by atoms with E-state index in [4.69, 9.17) is 82.2 Å². The first-order chi connectivity index (χ1) is 71.1. The molecule has 24 nitrogen and oxygen atoms in total. The van der Waals surface area contributed by atoms with Gasteiger partial charge in [0.15, 0.2) is 18.9 Å². The van der Waals surface area contributed by atoms with Crippen LogP contribution >= 0.6 is 34.8 Å². The number of hydrogen-bond acceptors (Lipinski definition) is 21. The van der Waals surface area contributed by atoms with Crippen molar-refractivity contribution in [2.75, 3.05) is 140 Å². The first kappa shape index (κ1) is 109. The van der Waals surface area contributed by atoms with Crippen LogP contribution in [0.2, 0.25) is 15.1 Å². The van der Waals surface area contributed by atoms with E-state index < -0.39 is 29.1 Å². The highest BCUT2D eigenvalue weighted by Gasteiger charge is 2.53. The highest BCUT2D eigenvalue weighted by molar-refractivity contribution is 8.00. The van der Waals surface area contributed by atoms with Gasteiger partial charge in [0.1, 0.15) is 23.4 Å². The summed E-state index contributed by atoms with van der Waals surface area (Å²) in [5, 5.41) is 4.95. The number of fused-ring (bicyclic) bond motifs is 12. The maximum Gasteiger partial charge on any atom is 0.262 e. The number of rotatable bonds is 9. The van der Waals surface area contributed by atoms with Crippen LogP contribution in [0.25, 0.3) is 0 Å². The molecule has 3 saturated heterocycles. The van der Waals surface area contributed by atoms with Gasteiger partial charge in [-0.05, 0) is 370 Å². The summed E-state index contributed by atoms with van der Waals surface area (Å²) in [5.41, 5.74) is 11.5. The second kappa shape index (κ2) is 46.6. The highest BCUT2D eigenvalue weighted by Crippen LogP contribution is 2.56. The van der Waals surface area contributed by atoms with Crippen molar-refractivity contribution in [3.05, 3.63) is 174 Å². The normalized spacial score (nSPS) is 36.6. The minimum Gasteiger partial charge on any atom is -0.490 e. The van der Waals surface area contributed by atoms with Crippen LogP contribution in [-0.2, 0) is 97.8 Å². The van der Waals surface area contributed by atoms with Gasteiger partial charge in [-0.1, -0.05) is 114 Å². The molecule has 0 radical (unpaired) electrons. The molecule has 3 spiro atoms. The lowest BCUT2D eigenvalue weighted by atomic mass is 9.64. The van der Waals surface area contributed by atoms with Crippen molar-refractivity contribution in [3.8, 4) is 17.2 Å². The predicted octanol–water partition coefficient (Wildman–Crippen LogP) is 19.9. The van der Waals surface area contributed by atoms with Crippen LogP contribution in [-0.4, -0.2) is 231 Å². The molecule has 3 unspecified atom stereocenters. The molecule has 15 aliphatic rings. The third-order valence-corrected chi connectivity index (χ3v) is 45.2. The molecule has 6 aliphatic carbocycles. The standard InChI is InChI=1S/C41H58ClN3O5S.C39H54ClN3O5S.C38H51ClN2O6S/c1-6-44(7-2)33-23-48-40(49-24-33)35-12-8-10-27(3)28(4)51(5,47)43-39(46)30-14-18-38-37(21-30)45(22-31-13-16-34(31)35)25-41(26-50-38)19-9-11-29-20-32(42)15-17-36(29)41;1-5-41-31-21-46-38(47-22-31)33-10-6-8-25(2)26(3)49(4,45)42-37(44)28-12-16-36-35(19-28)43(20-29-11-14-32(29)33)23-39(24-48-36)17-7-9-27-18-30(40)13-15-34(27)39;1-24-7-5-9-32(37-45-20-30(44-3)21-46-37)31-13-10-28(31)19-41-22-38(16-6-8-26-17-29(39)12-14-33(26)38)23-47-35-15-11-27(18-34(35)41)36(42)40-48(4,43)25(24)2/h14-15,17-18,20-21,27-28,31,33-35,40H,5-13,16,19,22-26H2,1-4H3,(H,43,46,47);12-13,15-16,18-19,25-26,29,31-33,38,41H,4-11,14,17,20-24H2,1-3H3,(H,42,44,45);11-12,14-15,17-18,24-25,28,30-32,37H,4-10,13,16,19-23H2,1-3H3,(H,40,42,43)/t27-,28+,31-,33?,34+,35-,40?,41-,51?;25-,26+,29-,31?,32+,33-,38?,39-,49?;24-,25+,28-,30?,31+,32+,37?,38-,48?/m000/s1. The van der Waals surface area contributed by atoms with Gasteiger partial charge in [0.05, 0.1) is 118 Å². The van der Waals surface area contributed by atoms with Gasteiger partial charge in [-0.15, -0.1) is 0 Å². The Labute approximate surface area is 896 Å². The lowest BCUT2D eigenvalue weighted by Gasteiger charge is -2.49. The fourth-order valence-electron chi connectivity index (χ4n) is 28.0. The van der Waals surface area contributed by atoms with E-state index >= 15 is 0 Å². The van der Waals surface area contributed by atoms with Crippen molar-refractivity contribution >= 4 is 116 Å². The van der Waals surface area contributed by atoms with Gasteiger partial charge >= 0.3 is 0 Å². The average molecular weight is 2150 g/mol. The topological polar surface area (TPSA) is 256 Å². The SMILES string of the molecule is C=S1(=O)NC(=O)c2ccc3c(c2)N(C[C@@H]2CC[C@H]2[C@@H](C2OCC(N(CC)CC)CO2)CCC[C@H](C)[C@H]1C)C[C@@]1(CCCc2cc(Cl)ccc21)CO3.C=S1(=O)NC(=O)c2ccc3c(c2)N(C[C@@H]2CC[C@H]2[C@@H](C2OCC(NCC)CO2)CCC[C@H](C)[C@H]1C)C[C@@]1(CCCc2cc(Cl)ccc21)CO3.C=S1(=O)NC(=O)c2ccc3c(c2)N(C[C@@H]2CC[C@H]2[C@H](C2OCC(OC)CO2)CCC[C@H](C)[C@H]1C)C[C@@]1(CCCc2cc(Cl)ccc21)CO3. The Hall–Kier alpha value is -6.90. The third kappa shape index (κ3) is 23.5. The number of halogens is 3. The van der Waals surface area contributed by atoms with Gasteiger partial charge in [-0.3, -0.25) is 33.4 Å². The number of methoxy groups -OCH3 is 1. The van der Waals surface area contributed by atoms with Gasteiger partial charge in [-0.2, -0.15) is 0 Å². The Kier molecular flexibility index (Phi) is 34.5. The summed E-state index contributed by atoms with van der Waals surface area (Å²) in [6.07, 6.45) is 24.0. The van der Waals surface area contributed by atoms with Gasteiger partial charge in [-0.25, -0.2) is 12.6 Å². The third-order valence-electron chi connectivity index (χ3n) is 37.9. The summed E-state index contributed by atoms with van der Waals surface area (Å²) in [4.78, 5) is 51.1. The van der Waals surface area contributed by atoms with Crippen LogP contribution in [0.5, 0.6) is 17.2 Å². The molecule has 148 heavy (non-hydrogen) atoms. The number of carbonyl (C=O) groups is 3. The molecular formula is C118H163Cl3N8O16S3. The van der Waals surface area contributed by atoms with Gasteiger partial charge in [0, 0.05) is 128 Å². The van der Waals surface area contributed by atoms with Crippen LogP contribution in [0.3, 0.4) is 0 Å². The first-order valence-electron chi connectivity index (χ1n) is 55.8. The molecule has 9 heterocycles. The summed E-state index contributed by atoms with van der Waals surface area (Å²) < 4.78 is 115. The van der Waals surface area contributed by atoms with Crippen molar-refractivity contribution < 1.29 is 74.4 Å². The Morgan fingerprint density at radius 2 is 0.723 bits per heavy atom. The molecule has 0 aromatic heterocycles.